The predicted octanol–water partition coefficient (Wildman–Crippen LogP) is 3.54. The summed E-state index contributed by atoms with van der Waals surface area (Å²) < 4.78 is 5.96. The molecule has 0 unspecified atom stereocenters. The zero-order valence-electron chi connectivity index (χ0n) is 9.44. The highest BCUT2D eigenvalue weighted by molar-refractivity contribution is 7.98. The molecule has 0 spiro atoms. The fourth-order valence-corrected chi connectivity index (χ4v) is 2.56. The number of ether oxygens (including phenoxy) is 1. The van der Waals surface area contributed by atoms with Crippen LogP contribution in [0.15, 0.2) is 23.1 Å². The summed E-state index contributed by atoms with van der Waals surface area (Å²) in [7, 11) is 0. The van der Waals surface area contributed by atoms with E-state index in [4.69, 9.17) is 4.74 Å². The number of benzene rings is 1. The second kappa shape index (κ2) is 5.39. The van der Waals surface area contributed by atoms with E-state index in [1.54, 1.807) is 11.8 Å². The normalized spacial score (nSPS) is 16.3. The van der Waals surface area contributed by atoms with Crippen molar-refractivity contribution in [1.82, 2.24) is 0 Å². The minimum atomic E-state index is 0.341. The molecular formula is C13H16O2S. The van der Waals surface area contributed by atoms with Crippen molar-refractivity contribution >= 4 is 18.0 Å². The summed E-state index contributed by atoms with van der Waals surface area (Å²) in [6, 6.07) is 5.64. The van der Waals surface area contributed by atoms with Crippen LogP contribution in [-0.4, -0.2) is 18.6 Å². The first-order valence-electron chi connectivity index (χ1n) is 5.63. The van der Waals surface area contributed by atoms with Gasteiger partial charge in [-0.05, 0) is 44.1 Å². The molecule has 0 saturated heterocycles. The highest BCUT2D eigenvalue weighted by Gasteiger charge is 2.18. The summed E-state index contributed by atoms with van der Waals surface area (Å²) in [5, 5.41) is 0. The quantitative estimate of drug-likeness (QED) is 0.591. The van der Waals surface area contributed by atoms with Crippen molar-refractivity contribution < 1.29 is 9.53 Å². The zero-order chi connectivity index (χ0) is 11.4. The molecule has 1 aliphatic rings. The van der Waals surface area contributed by atoms with Gasteiger partial charge in [-0.2, -0.15) is 0 Å². The van der Waals surface area contributed by atoms with E-state index in [0.717, 1.165) is 29.8 Å². The van der Waals surface area contributed by atoms with E-state index in [1.165, 1.54) is 12.8 Å². The van der Waals surface area contributed by atoms with Crippen molar-refractivity contribution in [2.45, 2.75) is 36.7 Å². The van der Waals surface area contributed by atoms with Crippen LogP contribution in [0, 0.1) is 0 Å². The second-order valence-corrected chi connectivity index (χ2v) is 4.90. The van der Waals surface area contributed by atoms with Crippen molar-refractivity contribution in [2.24, 2.45) is 0 Å². The Bertz CT molecular complexity index is 370. The average molecular weight is 236 g/mol. The molecule has 0 heterocycles. The highest BCUT2D eigenvalue weighted by Crippen LogP contribution is 2.32. The van der Waals surface area contributed by atoms with E-state index in [1.807, 2.05) is 24.5 Å². The van der Waals surface area contributed by atoms with E-state index in [9.17, 15) is 4.79 Å². The molecule has 1 aliphatic carbocycles. The van der Waals surface area contributed by atoms with Gasteiger partial charge in [-0.15, -0.1) is 11.8 Å². The van der Waals surface area contributed by atoms with E-state index in [0.29, 0.717) is 11.7 Å². The number of hydrogen-bond acceptors (Lipinski definition) is 3. The molecule has 2 rings (SSSR count). The van der Waals surface area contributed by atoms with Crippen LogP contribution in [0.3, 0.4) is 0 Å². The van der Waals surface area contributed by atoms with Gasteiger partial charge in [0.2, 0.25) is 0 Å². The number of rotatable bonds is 4. The minimum Gasteiger partial charge on any atom is -0.489 e. The Balaban J connectivity index is 2.18. The van der Waals surface area contributed by atoms with Crippen LogP contribution >= 0.6 is 11.8 Å². The minimum absolute atomic E-state index is 0.341. The lowest BCUT2D eigenvalue weighted by atomic mass is 10.2. The maximum absolute atomic E-state index is 10.7. The molecule has 0 aliphatic heterocycles. The predicted molar refractivity (Wildman–Crippen MR) is 66.5 cm³/mol. The van der Waals surface area contributed by atoms with Crippen LogP contribution in [0.4, 0.5) is 0 Å². The lowest BCUT2D eigenvalue weighted by molar-refractivity contribution is 0.112. The standard InChI is InChI=1S/C13H16O2S/c1-16-13-7-6-10(9-14)8-12(13)15-11-4-2-3-5-11/h6-9,11H,2-5H2,1H3. The highest BCUT2D eigenvalue weighted by atomic mass is 32.2. The monoisotopic (exact) mass is 236 g/mol. The lowest BCUT2D eigenvalue weighted by Crippen LogP contribution is -2.11. The summed E-state index contributed by atoms with van der Waals surface area (Å²) in [6.07, 6.45) is 8.02. The number of carbonyl (C=O) groups is 1. The molecule has 0 aromatic heterocycles. The number of carbonyl (C=O) groups excluding carboxylic acids is 1. The van der Waals surface area contributed by atoms with E-state index in [-0.39, 0.29) is 0 Å². The third-order valence-corrected chi connectivity index (χ3v) is 3.70. The van der Waals surface area contributed by atoms with Crippen LogP contribution < -0.4 is 4.74 Å². The molecule has 0 atom stereocenters. The van der Waals surface area contributed by atoms with Crippen LogP contribution in [0.1, 0.15) is 36.0 Å². The van der Waals surface area contributed by atoms with Crippen LogP contribution in [0.2, 0.25) is 0 Å². The summed E-state index contributed by atoms with van der Waals surface area (Å²) >= 11 is 1.66. The third kappa shape index (κ3) is 2.59. The Labute approximate surface area is 100 Å². The van der Waals surface area contributed by atoms with Crippen molar-refractivity contribution in [1.29, 1.82) is 0 Å². The molecule has 0 amide bonds. The van der Waals surface area contributed by atoms with Crippen molar-refractivity contribution in [2.75, 3.05) is 6.26 Å². The summed E-state index contributed by atoms with van der Waals surface area (Å²) in [4.78, 5) is 11.8. The van der Waals surface area contributed by atoms with Crippen molar-refractivity contribution in [3.05, 3.63) is 23.8 Å². The molecular weight excluding hydrogens is 220 g/mol. The Morgan fingerprint density at radius 1 is 1.38 bits per heavy atom. The van der Waals surface area contributed by atoms with Gasteiger partial charge in [-0.3, -0.25) is 4.79 Å². The van der Waals surface area contributed by atoms with Gasteiger partial charge in [0, 0.05) is 10.5 Å². The Morgan fingerprint density at radius 3 is 2.75 bits per heavy atom. The number of hydrogen-bond donors (Lipinski definition) is 0. The second-order valence-electron chi connectivity index (χ2n) is 4.05. The first-order valence-corrected chi connectivity index (χ1v) is 6.86. The molecule has 3 heteroatoms. The third-order valence-electron chi connectivity index (χ3n) is 2.92. The Kier molecular flexibility index (Phi) is 3.88. The zero-order valence-corrected chi connectivity index (χ0v) is 10.3. The van der Waals surface area contributed by atoms with E-state index < -0.39 is 0 Å². The largest absolute Gasteiger partial charge is 0.489 e. The number of aldehydes is 1. The number of thioether (sulfide) groups is 1. The molecule has 86 valence electrons. The van der Waals surface area contributed by atoms with Gasteiger partial charge in [0.15, 0.2) is 0 Å². The van der Waals surface area contributed by atoms with Gasteiger partial charge in [0.1, 0.15) is 12.0 Å². The molecule has 1 saturated carbocycles. The van der Waals surface area contributed by atoms with Gasteiger partial charge in [0.25, 0.3) is 0 Å². The smallest absolute Gasteiger partial charge is 0.150 e. The molecule has 0 radical (unpaired) electrons. The lowest BCUT2D eigenvalue weighted by Gasteiger charge is -2.15. The SMILES string of the molecule is CSc1ccc(C=O)cc1OC1CCCC1. The molecule has 1 aromatic rings. The van der Waals surface area contributed by atoms with Gasteiger partial charge >= 0.3 is 0 Å². The van der Waals surface area contributed by atoms with Crippen LogP contribution in [0.25, 0.3) is 0 Å². The van der Waals surface area contributed by atoms with Crippen molar-refractivity contribution in [3.8, 4) is 5.75 Å². The Morgan fingerprint density at radius 2 is 2.12 bits per heavy atom. The first kappa shape index (κ1) is 11.5. The average Bonchev–Trinajstić information content (AvgIpc) is 2.82. The van der Waals surface area contributed by atoms with Gasteiger partial charge in [-0.25, -0.2) is 0 Å². The maximum Gasteiger partial charge on any atom is 0.150 e. The van der Waals surface area contributed by atoms with Gasteiger partial charge < -0.3 is 4.74 Å². The maximum atomic E-state index is 10.7. The van der Waals surface area contributed by atoms with Gasteiger partial charge in [0.05, 0.1) is 6.10 Å². The molecule has 1 aromatic carbocycles. The van der Waals surface area contributed by atoms with E-state index >= 15 is 0 Å². The van der Waals surface area contributed by atoms with Crippen LogP contribution in [-0.2, 0) is 0 Å². The molecule has 16 heavy (non-hydrogen) atoms. The van der Waals surface area contributed by atoms with Crippen LogP contribution in [0.5, 0.6) is 5.75 Å². The first-order chi connectivity index (χ1) is 7.83. The topological polar surface area (TPSA) is 26.3 Å². The van der Waals surface area contributed by atoms with Gasteiger partial charge in [-0.1, -0.05) is 6.07 Å². The molecule has 1 fully saturated rings. The summed E-state index contributed by atoms with van der Waals surface area (Å²) in [5.74, 6) is 0.865. The Hall–Kier alpha value is -0.960. The molecule has 2 nitrogen and oxygen atoms in total. The fourth-order valence-electron chi connectivity index (χ4n) is 2.04. The van der Waals surface area contributed by atoms with E-state index in [2.05, 4.69) is 0 Å². The summed E-state index contributed by atoms with van der Waals surface area (Å²) in [6.45, 7) is 0. The van der Waals surface area contributed by atoms with Crippen molar-refractivity contribution in [3.63, 3.8) is 0 Å². The molecule has 0 bridgehead atoms. The fraction of sp³-hybridized carbons (Fsp3) is 0.462. The molecule has 0 N–H and O–H groups in total. The summed E-state index contributed by atoms with van der Waals surface area (Å²) in [5.41, 5.74) is 0.686.